The molecule has 0 radical (unpaired) electrons. The summed E-state index contributed by atoms with van der Waals surface area (Å²) in [5.41, 5.74) is 0.458. The van der Waals surface area contributed by atoms with E-state index in [0.717, 1.165) is 15.2 Å². The molecule has 3 nitrogen and oxygen atoms in total. The van der Waals surface area contributed by atoms with Crippen LogP contribution in [0.25, 0.3) is 10.8 Å². The van der Waals surface area contributed by atoms with Crippen molar-refractivity contribution in [3.05, 3.63) is 40.4 Å². The van der Waals surface area contributed by atoms with Gasteiger partial charge in [0.25, 0.3) is 0 Å². The van der Waals surface area contributed by atoms with Crippen molar-refractivity contribution in [2.45, 2.75) is 0 Å². The van der Waals surface area contributed by atoms with Crippen LogP contribution >= 0.6 is 15.9 Å². The van der Waals surface area contributed by atoms with E-state index in [4.69, 9.17) is 9.47 Å². The SMILES string of the molecule is COC(=O)c1c(OC)ccc2cc(Br)ccc12. The zero-order valence-corrected chi connectivity index (χ0v) is 11.1. The number of methoxy groups -OCH3 is 2. The molecule has 0 aliphatic heterocycles. The average Bonchev–Trinajstić information content (AvgIpc) is 2.36. The van der Waals surface area contributed by atoms with Crippen LogP contribution in [-0.4, -0.2) is 20.2 Å². The van der Waals surface area contributed by atoms with Gasteiger partial charge in [0.15, 0.2) is 0 Å². The summed E-state index contributed by atoms with van der Waals surface area (Å²) in [5.74, 6) is 0.126. The molecule has 0 heterocycles. The lowest BCUT2D eigenvalue weighted by Crippen LogP contribution is -2.05. The largest absolute Gasteiger partial charge is 0.496 e. The Labute approximate surface area is 107 Å². The highest BCUT2D eigenvalue weighted by Crippen LogP contribution is 2.30. The number of esters is 1. The molecular weight excluding hydrogens is 284 g/mol. The number of ether oxygens (including phenoxy) is 2. The Morgan fingerprint density at radius 3 is 2.59 bits per heavy atom. The first-order chi connectivity index (χ1) is 8.17. The van der Waals surface area contributed by atoms with Gasteiger partial charge in [-0.1, -0.05) is 28.1 Å². The standard InChI is InChI=1S/C13H11BrO3/c1-16-11-6-3-8-7-9(14)4-5-10(8)12(11)13(15)17-2/h3-7H,1-2H3. The van der Waals surface area contributed by atoms with E-state index in [2.05, 4.69) is 15.9 Å². The van der Waals surface area contributed by atoms with Gasteiger partial charge in [0.1, 0.15) is 11.3 Å². The van der Waals surface area contributed by atoms with Crippen molar-refractivity contribution in [3.8, 4) is 5.75 Å². The molecule has 2 aromatic rings. The predicted molar refractivity (Wildman–Crippen MR) is 69.5 cm³/mol. The zero-order chi connectivity index (χ0) is 12.4. The Morgan fingerprint density at radius 2 is 1.94 bits per heavy atom. The molecule has 2 rings (SSSR count). The van der Waals surface area contributed by atoms with Crippen LogP contribution < -0.4 is 4.74 Å². The van der Waals surface area contributed by atoms with E-state index in [1.54, 1.807) is 6.07 Å². The number of halogens is 1. The van der Waals surface area contributed by atoms with E-state index in [1.807, 2.05) is 24.3 Å². The molecule has 0 fully saturated rings. The Balaban J connectivity index is 2.78. The number of rotatable bonds is 2. The third-order valence-electron chi connectivity index (χ3n) is 2.55. The van der Waals surface area contributed by atoms with Crippen LogP contribution in [0.1, 0.15) is 10.4 Å². The normalized spacial score (nSPS) is 10.3. The van der Waals surface area contributed by atoms with Crippen molar-refractivity contribution in [1.29, 1.82) is 0 Å². The fourth-order valence-electron chi connectivity index (χ4n) is 1.76. The topological polar surface area (TPSA) is 35.5 Å². The van der Waals surface area contributed by atoms with Crippen molar-refractivity contribution in [2.24, 2.45) is 0 Å². The van der Waals surface area contributed by atoms with Crippen LogP contribution in [0.3, 0.4) is 0 Å². The van der Waals surface area contributed by atoms with Gasteiger partial charge in [-0.2, -0.15) is 0 Å². The number of hydrogen-bond acceptors (Lipinski definition) is 3. The van der Waals surface area contributed by atoms with E-state index >= 15 is 0 Å². The highest BCUT2D eigenvalue weighted by molar-refractivity contribution is 9.10. The molecular formula is C13H11BrO3. The molecule has 2 aromatic carbocycles. The van der Waals surface area contributed by atoms with Gasteiger partial charge in [-0.25, -0.2) is 4.79 Å². The third kappa shape index (κ3) is 2.13. The molecule has 0 amide bonds. The highest BCUT2D eigenvalue weighted by atomic mass is 79.9. The third-order valence-corrected chi connectivity index (χ3v) is 3.05. The minimum Gasteiger partial charge on any atom is -0.496 e. The van der Waals surface area contributed by atoms with E-state index in [0.29, 0.717) is 11.3 Å². The Morgan fingerprint density at radius 1 is 1.18 bits per heavy atom. The number of carbonyl (C=O) groups excluding carboxylic acids is 1. The summed E-state index contributed by atoms with van der Waals surface area (Å²) in [7, 11) is 2.89. The number of fused-ring (bicyclic) bond motifs is 1. The summed E-state index contributed by atoms with van der Waals surface area (Å²) in [6.45, 7) is 0. The molecule has 0 N–H and O–H groups in total. The summed E-state index contributed by atoms with van der Waals surface area (Å²) in [6, 6.07) is 9.37. The van der Waals surface area contributed by atoms with Crippen LogP contribution in [-0.2, 0) is 4.74 Å². The van der Waals surface area contributed by atoms with Crippen molar-refractivity contribution >= 4 is 32.7 Å². The van der Waals surface area contributed by atoms with Crippen LogP contribution in [0.4, 0.5) is 0 Å². The molecule has 88 valence electrons. The molecule has 0 aromatic heterocycles. The van der Waals surface area contributed by atoms with Crippen LogP contribution in [0.5, 0.6) is 5.75 Å². The molecule has 4 heteroatoms. The quantitative estimate of drug-likeness (QED) is 0.797. The molecule has 0 saturated heterocycles. The van der Waals surface area contributed by atoms with Gasteiger partial charge in [-0.05, 0) is 23.6 Å². The lowest BCUT2D eigenvalue weighted by molar-refractivity contribution is 0.0599. The second-order valence-corrected chi connectivity index (χ2v) is 4.42. The second kappa shape index (κ2) is 4.75. The Kier molecular flexibility index (Phi) is 3.33. The van der Waals surface area contributed by atoms with Gasteiger partial charge < -0.3 is 9.47 Å². The smallest absolute Gasteiger partial charge is 0.342 e. The lowest BCUT2D eigenvalue weighted by Gasteiger charge is -2.10. The molecule has 0 spiro atoms. The maximum absolute atomic E-state index is 11.8. The first-order valence-corrected chi connectivity index (χ1v) is 5.81. The molecule has 0 atom stereocenters. The minimum absolute atomic E-state index is 0.394. The van der Waals surface area contributed by atoms with Gasteiger partial charge in [0, 0.05) is 9.86 Å². The molecule has 0 bridgehead atoms. The summed E-state index contributed by atoms with van der Waals surface area (Å²) >= 11 is 3.40. The summed E-state index contributed by atoms with van der Waals surface area (Å²) in [6.07, 6.45) is 0. The maximum Gasteiger partial charge on any atom is 0.342 e. The van der Waals surface area contributed by atoms with Gasteiger partial charge in [0.05, 0.1) is 14.2 Å². The van der Waals surface area contributed by atoms with Gasteiger partial charge >= 0.3 is 5.97 Å². The Hall–Kier alpha value is -1.55. The van der Waals surface area contributed by atoms with E-state index in [1.165, 1.54) is 14.2 Å². The summed E-state index contributed by atoms with van der Waals surface area (Å²) in [4.78, 5) is 11.8. The summed E-state index contributed by atoms with van der Waals surface area (Å²) in [5, 5.41) is 1.78. The first-order valence-electron chi connectivity index (χ1n) is 5.02. The number of benzene rings is 2. The van der Waals surface area contributed by atoms with Crippen LogP contribution in [0, 0.1) is 0 Å². The van der Waals surface area contributed by atoms with Crippen molar-refractivity contribution in [1.82, 2.24) is 0 Å². The molecule has 17 heavy (non-hydrogen) atoms. The van der Waals surface area contributed by atoms with Gasteiger partial charge in [-0.15, -0.1) is 0 Å². The second-order valence-electron chi connectivity index (χ2n) is 3.50. The van der Waals surface area contributed by atoms with E-state index in [-0.39, 0.29) is 0 Å². The van der Waals surface area contributed by atoms with Crippen molar-refractivity contribution in [2.75, 3.05) is 14.2 Å². The fourth-order valence-corrected chi connectivity index (χ4v) is 2.14. The maximum atomic E-state index is 11.8. The predicted octanol–water partition coefficient (Wildman–Crippen LogP) is 3.40. The number of carbonyl (C=O) groups is 1. The highest BCUT2D eigenvalue weighted by Gasteiger charge is 2.16. The van der Waals surface area contributed by atoms with E-state index < -0.39 is 5.97 Å². The molecule has 0 saturated carbocycles. The first kappa shape index (κ1) is 11.9. The van der Waals surface area contributed by atoms with Gasteiger partial charge in [-0.3, -0.25) is 0 Å². The minimum atomic E-state index is -0.394. The molecule has 0 aliphatic carbocycles. The fraction of sp³-hybridized carbons (Fsp3) is 0.154. The monoisotopic (exact) mass is 294 g/mol. The molecule has 0 unspecified atom stereocenters. The van der Waals surface area contributed by atoms with Crippen molar-refractivity contribution in [3.63, 3.8) is 0 Å². The summed E-state index contributed by atoms with van der Waals surface area (Å²) < 4.78 is 10.9. The van der Waals surface area contributed by atoms with Crippen molar-refractivity contribution < 1.29 is 14.3 Å². The molecule has 0 aliphatic rings. The van der Waals surface area contributed by atoms with E-state index in [9.17, 15) is 4.79 Å². The van der Waals surface area contributed by atoms with Gasteiger partial charge in [0.2, 0.25) is 0 Å². The lowest BCUT2D eigenvalue weighted by atomic mass is 10.0. The zero-order valence-electron chi connectivity index (χ0n) is 9.49. The average molecular weight is 295 g/mol. The number of hydrogen-bond donors (Lipinski definition) is 0. The van der Waals surface area contributed by atoms with Crippen LogP contribution in [0.2, 0.25) is 0 Å². The van der Waals surface area contributed by atoms with Crippen LogP contribution in [0.15, 0.2) is 34.8 Å². The Bertz CT molecular complexity index is 578.